The number of ether oxygens (including phenoxy) is 1. The Morgan fingerprint density at radius 1 is 1.43 bits per heavy atom. The zero-order valence-electron chi connectivity index (χ0n) is 11.4. The van der Waals surface area contributed by atoms with Crippen molar-refractivity contribution in [1.82, 2.24) is 15.2 Å². The fourth-order valence-corrected chi connectivity index (χ4v) is 1.61. The van der Waals surface area contributed by atoms with E-state index in [2.05, 4.69) is 25.2 Å². The van der Waals surface area contributed by atoms with Gasteiger partial charge in [-0.25, -0.2) is 14.2 Å². The standard InChI is InChI=1S/C13H13FN4O3/c1-3-10-16-11(18-17-10)12(19)15-7-4-5-9(14)8(6-7)13(20)21-2/h4-6H,3H2,1-2H3,(H,15,19)(H,16,17,18). The molecule has 1 aromatic heterocycles. The zero-order valence-corrected chi connectivity index (χ0v) is 11.4. The minimum atomic E-state index is -0.824. The van der Waals surface area contributed by atoms with E-state index >= 15 is 0 Å². The molecule has 2 rings (SSSR count). The van der Waals surface area contributed by atoms with Crippen molar-refractivity contribution in [2.45, 2.75) is 13.3 Å². The molecule has 7 nitrogen and oxygen atoms in total. The maximum atomic E-state index is 13.5. The lowest BCUT2D eigenvalue weighted by Crippen LogP contribution is -2.15. The van der Waals surface area contributed by atoms with Crippen LogP contribution in [0.3, 0.4) is 0 Å². The summed E-state index contributed by atoms with van der Waals surface area (Å²) in [6.45, 7) is 1.87. The first-order chi connectivity index (χ1) is 10.0. The van der Waals surface area contributed by atoms with E-state index < -0.39 is 17.7 Å². The fourth-order valence-electron chi connectivity index (χ4n) is 1.61. The largest absolute Gasteiger partial charge is 0.465 e. The van der Waals surface area contributed by atoms with Crippen molar-refractivity contribution >= 4 is 17.6 Å². The van der Waals surface area contributed by atoms with Crippen LogP contribution in [0.4, 0.5) is 10.1 Å². The van der Waals surface area contributed by atoms with E-state index in [1.807, 2.05) is 6.92 Å². The number of benzene rings is 1. The number of H-pyrrole nitrogens is 1. The molecule has 1 aromatic carbocycles. The van der Waals surface area contributed by atoms with Gasteiger partial charge >= 0.3 is 5.97 Å². The Bertz CT molecular complexity index is 684. The number of esters is 1. The van der Waals surface area contributed by atoms with Crippen LogP contribution < -0.4 is 5.32 Å². The first-order valence-electron chi connectivity index (χ1n) is 6.15. The molecule has 0 saturated heterocycles. The van der Waals surface area contributed by atoms with E-state index in [0.29, 0.717) is 12.2 Å². The van der Waals surface area contributed by atoms with E-state index in [1.165, 1.54) is 12.1 Å². The van der Waals surface area contributed by atoms with Gasteiger partial charge in [-0.2, -0.15) is 0 Å². The minimum absolute atomic E-state index is 0.0317. The smallest absolute Gasteiger partial charge is 0.340 e. The summed E-state index contributed by atoms with van der Waals surface area (Å²) in [5, 5.41) is 8.86. The second-order valence-electron chi connectivity index (χ2n) is 4.10. The predicted octanol–water partition coefficient (Wildman–Crippen LogP) is 1.55. The topological polar surface area (TPSA) is 97.0 Å². The molecular formula is C13H13FN4O3. The molecule has 110 valence electrons. The third-order valence-corrected chi connectivity index (χ3v) is 2.70. The van der Waals surface area contributed by atoms with Crippen LogP contribution in [0.5, 0.6) is 0 Å². The number of halogens is 1. The highest BCUT2D eigenvalue weighted by molar-refractivity contribution is 6.02. The minimum Gasteiger partial charge on any atom is -0.465 e. The maximum Gasteiger partial charge on any atom is 0.340 e. The molecule has 0 bridgehead atoms. The van der Waals surface area contributed by atoms with Crippen molar-refractivity contribution in [3.8, 4) is 0 Å². The summed E-state index contributed by atoms with van der Waals surface area (Å²) in [6.07, 6.45) is 0.614. The van der Waals surface area contributed by atoms with E-state index in [4.69, 9.17) is 0 Å². The fraction of sp³-hybridized carbons (Fsp3) is 0.231. The van der Waals surface area contributed by atoms with Gasteiger partial charge in [0.1, 0.15) is 11.6 Å². The molecule has 0 spiro atoms. The van der Waals surface area contributed by atoms with E-state index in [1.54, 1.807) is 0 Å². The van der Waals surface area contributed by atoms with Crippen molar-refractivity contribution in [2.75, 3.05) is 12.4 Å². The van der Waals surface area contributed by atoms with Gasteiger partial charge in [0.05, 0.1) is 12.7 Å². The Labute approximate surface area is 119 Å². The van der Waals surface area contributed by atoms with Crippen LogP contribution in [0.2, 0.25) is 0 Å². The lowest BCUT2D eigenvalue weighted by Gasteiger charge is -2.06. The van der Waals surface area contributed by atoms with Gasteiger partial charge in [-0.05, 0) is 18.2 Å². The van der Waals surface area contributed by atoms with Crippen molar-refractivity contribution < 1.29 is 18.7 Å². The predicted molar refractivity (Wildman–Crippen MR) is 71.5 cm³/mol. The number of nitrogens with zero attached hydrogens (tertiary/aromatic N) is 2. The van der Waals surface area contributed by atoms with Crippen LogP contribution >= 0.6 is 0 Å². The summed E-state index contributed by atoms with van der Waals surface area (Å²) in [6, 6.07) is 3.58. The Hall–Kier alpha value is -2.77. The second-order valence-corrected chi connectivity index (χ2v) is 4.10. The number of aromatic nitrogens is 3. The number of anilines is 1. The first kappa shape index (κ1) is 14.6. The van der Waals surface area contributed by atoms with Crippen LogP contribution in [0, 0.1) is 5.82 Å². The van der Waals surface area contributed by atoms with Gasteiger partial charge in [0.25, 0.3) is 5.91 Å². The summed E-state index contributed by atoms with van der Waals surface area (Å²) in [7, 11) is 1.15. The van der Waals surface area contributed by atoms with Gasteiger partial charge in [0, 0.05) is 12.1 Å². The molecule has 0 aliphatic carbocycles. The van der Waals surface area contributed by atoms with Crippen LogP contribution in [-0.2, 0) is 11.2 Å². The third kappa shape index (κ3) is 3.22. The summed E-state index contributed by atoms with van der Waals surface area (Å²) in [4.78, 5) is 27.3. The van der Waals surface area contributed by atoms with Crippen molar-refractivity contribution in [2.24, 2.45) is 0 Å². The van der Waals surface area contributed by atoms with Crippen molar-refractivity contribution in [3.63, 3.8) is 0 Å². The molecule has 0 atom stereocenters. The Morgan fingerprint density at radius 3 is 2.81 bits per heavy atom. The maximum absolute atomic E-state index is 13.5. The highest BCUT2D eigenvalue weighted by Gasteiger charge is 2.16. The molecule has 8 heteroatoms. The average molecular weight is 292 g/mol. The van der Waals surface area contributed by atoms with E-state index in [0.717, 1.165) is 13.2 Å². The number of hydrogen-bond acceptors (Lipinski definition) is 5. The number of methoxy groups -OCH3 is 1. The summed E-state index contributed by atoms with van der Waals surface area (Å²) in [5.41, 5.74) is -0.0239. The SMILES string of the molecule is CCc1nc(C(=O)Nc2ccc(F)c(C(=O)OC)c2)n[nH]1. The van der Waals surface area contributed by atoms with Crippen LogP contribution in [-0.4, -0.2) is 34.2 Å². The molecule has 21 heavy (non-hydrogen) atoms. The molecule has 1 heterocycles. The van der Waals surface area contributed by atoms with Gasteiger partial charge in [0.2, 0.25) is 5.82 Å². The quantitative estimate of drug-likeness (QED) is 0.833. The average Bonchev–Trinajstić information content (AvgIpc) is 2.97. The molecule has 2 N–H and O–H groups in total. The molecular weight excluding hydrogens is 279 g/mol. The van der Waals surface area contributed by atoms with E-state index in [9.17, 15) is 14.0 Å². The number of amides is 1. The lowest BCUT2D eigenvalue weighted by molar-refractivity contribution is 0.0595. The summed E-state index contributed by atoms with van der Waals surface area (Å²) < 4.78 is 17.9. The number of carbonyl (C=O) groups is 2. The number of rotatable bonds is 4. The zero-order chi connectivity index (χ0) is 15.4. The normalized spacial score (nSPS) is 10.2. The summed E-state index contributed by atoms with van der Waals surface area (Å²) in [5.74, 6) is -1.57. The van der Waals surface area contributed by atoms with Gasteiger partial charge in [-0.3, -0.25) is 9.89 Å². The number of aromatic amines is 1. The second kappa shape index (κ2) is 6.12. The van der Waals surface area contributed by atoms with Crippen LogP contribution in [0.15, 0.2) is 18.2 Å². The Morgan fingerprint density at radius 2 is 2.19 bits per heavy atom. The molecule has 0 saturated carbocycles. The Balaban J connectivity index is 2.19. The van der Waals surface area contributed by atoms with E-state index in [-0.39, 0.29) is 17.1 Å². The highest BCUT2D eigenvalue weighted by Crippen LogP contribution is 2.16. The lowest BCUT2D eigenvalue weighted by atomic mass is 10.2. The molecule has 0 fully saturated rings. The van der Waals surface area contributed by atoms with Crippen LogP contribution in [0.1, 0.15) is 33.7 Å². The molecule has 0 aliphatic heterocycles. The van der Waals surface area contributed by atoms with Gasteiger partial charge in [0.15, 0.2) is 0 Å². The van der Waals surface area contributed by atoms with Crippen molar-refractivity contribution in [3.05, 3.63) is 41.2 Å². The molecule has 0 aliphatic rings. The third-order valence-electron chi connectivity index (χ3n) is 2.70. The molecule has 2 aromatic rings. The number of nitrogens with one attached hydrogen (secondary N) is 2. The molecule has 0 radical (unpaired) electrons. The van der Waals surface area contributed by atoms with Gasteiger partial charge in [-0.15, -0.1) is 5.10 Å². The number of aryl methyl sites for hydroxylation is 1. The monoisotopic (exact) mass is 292 g/mol. The number of carbonyl (C=O) groups excluding carboxylic acids is 2. The first-order valence-corrected chi connectivity index (χ1v) is 6.15. The van der Waals surface area contributed by atoms with Gasteiger partial charge in [-0.1, -0.05) is 6.92 Å². The summed E-state index contributed by atoms with van der Waals surface area (Å²) >= 11 is 0. The van der Waals surface area contributed by atoms with Gasteiger partial charge < -0.3 is 10.1 Å². The Kier molecular flexibility index (Phi) is 4.27. The molecule has 0 unspecified atom stereocenters. The van der Waals surface area contributed by atoms with Crippen LogP contribution in [0.25, 0.3) is 0 Å². The number of hydrogen-bond donors (Lipinski definition) is 2. The molecule has 1 amide bonds. The van der Waals surface area contributed by atoms with Crippen molar-refractivity contribution in [1.29, 1.82) is 0 Å². The highest BCUT2D eigenvalue weighted by atomic mass is 19.1.